The molecule has 1 atom stereocenters. The molecule has 0 amide bonds. The molecular weight excluding hydrogens is 220 g/mol. The molecule has 0 fully saturated rings. The van der Waals surface area contributed by atoms with Crippen molar-refractivity contribution in [2.75, 3.05) is 0 Å². The summed E-state index contributed by atoms with van der Waals surface area (Å²) in [5, 5.41) is 9.94. The van der Waals surface area contributed by atoms with E-state index in [1.165, 1.54) is 43.3 Å². The van der Waals surface area contributed by atoms with Gasteiger partial charge in [0.15, 0.2) is 0 Å². The highest BCUT2D eigenvalue weighted by Gasteiger charge is 2.16. The summed E-state index contributed by atoms with van der Waals surface area (Å²) in [6, 6.07) is 0. The van der Waals surface area contributed by atoms with Gasteiger partial charge in [-0.1, -0.05) is 50.8 Å². The number of aliphatic hydroxyl groups is 1. The first kappa shape index (κ1) is 15.1. The molecule has 1 heteroatoms. The van der Waals surface area contributed by atoms with E-state index in [2.05, 4.69) is 32.9 Å². The van der Waals surface area contributed by atoms with Crippen LogP contribution in [0.2, 0.25) is 0 Å². The van der Waals surface area contributed by atoms with Gasteiger partial charge in [0.1, 0.15) is 0 Å². The van der Waals surface area contributed by atoms with Crippen molar-refractivity contribution in [3.05, 3.63) is 35.1 Å². The number of aliphatic hydroxyl groups excluding tert-OH is 1. The molecule has 0 radical (unpaired) electrons. The maximum atomic E-state index is 9.94. The maximum absolute atomic E-state index is 9.94. The van der Waals surface area contributed by atoms with E-state index in [1.807, 2.05) is 6.08 Å². The fourth-order valence-electron chi connectivity index (χ4n) is 2.44. The highest BCUT2D eigenvalue weighted by molar-refractivity contribution is 5.32. The summed E-state index contributed by atoms with van der Waals surface area (Å²) in [6.45, 7) is 6.61. The second-order valence-corrected chi connectivity index (χ2v) is 5.41. The molecule has 0 spiro atoms. The molecule has 0 aromatic rings. The fraction of sp³-hybridized carbons (Fsp3) is 0.647. The van der Waals surface area contributed by atoms with Gasteiger partial charge in [-0.3, -0.25) is 0 Å². The van der Waals surface area contributed by atoms with Crippen LogP contribution in [0.5, 0.6) is 0 Å². The normalized spacial score (nSPS) is 19.9. The Morgan fingerprint density at radius 2 is 2.06 bits per heavy atom. The van der Waals surface area contributed by atoms with Crippen molar-refractivity contribution in [3.63, 3.8) is 0 Å². The monoisotopic (exact) mass is 248 g/mol. The van der Waals surface area contributed by atoms with Crippen LogP contribution in [0, 0.1) is 5.92 Å². The molecule has 0 saturated heterocycles. The molecule has 0 aliphatic heterocycles. The molecule has 102 valence electrons. The third kappa shape index (κ3) is 5.12. The minimum Gasteiger partial charge on any atom is -0.512 e. The first-order valence-electron chi connectivity index (χ1n) is 7.44. The van der Waals surface area contributed by atoms with E-state index in [9.17, 15) is 5.11 Å². The SMILES string of the molecule is CCCCCC1=CC(C/C=C(\C)CCC)C(O)=C1. The van der Waals surface area contributed by atoms with Crippen LogP contribution in [0.25, 0.3) is 0 Å². The number of unbranched alkanes of at least 4 members (excludes halogenated alkanes) is 2. The van der Waals surface area contributed by atoms with Crippen LogP contribution in [0.1, 0.15) is 65.7 Å². The smallest absolute Gasteiger partial charge is 0.0997 e. The Balaban J connectivity index is 2.43. The van der Waals surface area contributed by atoms with Gasteiger partial charge < -0.3 is 5.11 Å². The van der Waals surface area contributed by atoms with Crippen LogP contribution in [-0.4, -0.2) is 5.11 Å². The molecule has 18 heavy (non-hydrogen) atoms. The third-order valence-corrected chi connectivity index (χ3v) is 3.56. The summed E-state index contributed by atoms with van der Waals surface area (Å²) in [5.41, 5.74) is 2.77. The van der Waals surface area contributed by atoms with Crippen molar-refractivity contribution in [1.82, 2.24) is 0 Å². The van der Waals surface area contributed by atoms with Gasteiger partial charge in [0.2, 0.25) is 0 Å². The van der Waals surface area contributed by atoms with Crippen molar-refractivity contribution in [1.29, 1.82) is 0 Å². The Morgan fingerprint density at radius 1 is 1.28 bits per heavy atom. The lowest BCUT2D eigenvalue weighted by atomic mass is 10.0. The summed E-state index contributed by atoms with van der Waals surface area (Å²) in [7, 11) is 0. The van der Waals surface area contributed by atoms with Crippen LogP contribution >= 0.6 is 0 Å². The predicted molar refractivity (Wildman–Crippen MR) is 79.7 cm³/mol. The van der Waals surface area contributed by atoms with E-state index in [1.54, 1.807) is 0 Å². The molecule has 0 heterocycles. The maximum Gasteiger partial charge on any atom is 0.0997 e. The van der Waals surface area contributed by atoms with E-state index in [0.29, 0.717) is 5.76 Å². The Labute approximate surface area is 112 Å². The zero-order valence-corrected chi connectivity index (χ0v) is 12.2. The molecule has 0 saturated carbocycles. The lowest BCUT2D eigenvalue weighted by molar-refractivity contribution is 0.361. The number of hydrogen-bond donors (Lipinski definition) is 1. The molecule has 1 unspecified atom stereocenters. The summed E-state index contributed by atoms with van der Waals surface area (Å²) in [6.07, 6.45) is 14.7. The second-order valence-electron chi connectivity index (χ2n) is 5.41. The molecule has 1 aliphatic rings. The van der Waals surface area contributed by atoms with Crippen molar-refractivity contribution in [2.24, 2.45) is 5.92 Å². The topological polar surface area (TPSA) is 20.2 Å². The van der Waals surface area contributed by atoms with Crippen LogP contribution < -0.4 is 0 Å². The van der Waals surface area contributed by atoms with E-state index in [0.717, 1.165) is 12.8 Å². The van der Waals surface area contributed by atoms with Crippen molar-refractivity contribution < 1.29 is 5.11 Å². The van der Waals surface area contributed by atoms with E-state index < -0.39 is 0 Å². The first-order chi connectivity index (χ1) is 8.67. The Hall–Kier alpha value is -0.980. The van der Waals surface area contributed by atoms with Gasteiger partial charge >= 0.3 is 0 Å². The average molecular weight is 248 g/mol. The average Bonchev–Trinajstić information content (AvgIpc) is 2.68. The van der Waals surface area contributed by atoms with Gasteiger partial charge in [-0.05, 0) is 44.3 Å². The van der Waals surface area contributed by atoms with Gasteiger partial charge in [-0.25, -0.2) is 0 Å². The van der Waals surface area contributed by atoms with Gasteiger partial charge in [-0.15, -0.1) is 0 Å². The largest absolute Gasteiger partial charge is 0.512 e. The highest BCUT2D eigenvalue weighted by atomic mass is 16.3. The molecule has 1 nitrogen and oxygen atoms in total. The summed E-state index contributed by atoms with van der Waals surface area (Å²) in [5.74, 6) is 0.787. The van der Waals surface area contributed by atoms with Gasteiger partial charge in [0.05, 0.1) is 5.76 Å². The summed E-state index contributed by atoms with van der Waals surface area (Å²) >= 11 is 0. The minimum absolute atomic E-state index is 0.230. The molecular formula is C17H28O. The zero-order chi connectivity index (χ0) is 13.4. The quantitative estimate of drug-likeness (QED) is 0.431. The van der Waals surface area contributed by atoms with Crippen molar-refractivity contribution in [2.45, 2.75) is 65.7 Å². The number of rotatable bonds is 8. The number of allylic oxidation sites excluding steroid dienone is 5. The van der Waals surface area contributed by atoms with Gasteiger partial charge in [-0.2, -0.15) is 0 Å². The molecule has 1 N–H and O–H groups in total. The van der Waals surface area contributed by atoms with E-state index >= 15 is 0 Å². The van der Waals surface area contributed by atoms with Crippen LogP contribution in [0.15, 0.2) is 35.1 Å². The van der Waals surface area contributed by atoms with E-state index in [4.69, 9.17) is 0 Å². The van der Waals surface area contributed by atoms with E-state index in [-0.39, 0.29) is 5.92 Å². The lowest BCUT2D eigenvalue weighted by Crippen LogP contribution is -1.95. The zero-order valence-electron chi connectivity index (χ0n) is 12.2. The Bertz CT molecular complexity index is 334. The van der Waals surface area contributed by atoms with Gasteiger partial charge in [0.25, 0.3) is 0 Å². The molecule has 0 aromatic heterocycles. The van der Waals surface area contributed by atoms with Crippen LogP contribution in [-0.2, 0) is 0 Å². The Morgan fingerprint density at radius 3 is 2.72 bits per heavy atom. The van der Waals surface area contributed by atoms with Crippen LogP contribution in [0.4, 0.5) is 0 Å². The minimum atomic E-state index is 0.230. The Kier molecular flexibility index (Phi) is 6.85. The van der Waals surface area contributed by atoms with Crippen molar-refractivity contribution in [3.8, 4) is 0 Å². The fourth-order valence-corrected chi connectivity index (χ4v) is 2.44. The summed E-state index contributed by atoms with van der Waals surface area (Å²) < 4.78 is 0. The predicted octanol–water partition coefficient (Wildman–Crippen LogP) is 5.70. The molecule has 1 aliphatic carbocycles. The first-order valence-corrected chi connectivity index (χ1v) is 7.44. The number of hydrogen-bond acceptors (Lipinski definition) is 1. The highest BCUT2D eigenvalue weighted by Crippen LogP contribution is 2.28. The molecule has 0 bridgehead atoms. The van der Waals surface area contributed by atoms with Gasteiger partial charge in [0, 0.05) is 5.92 Å². The molecule has 1 rings (SSSR count). The lowest BCUT2D eigenvalue weighted by Gasteiger charge is -2.06. The van der Waals surface area contributed by atoms with Crippen LogP contribution in [0.3, 0.4) is 0 Å². The molecule has 0 aromatic carbocycles. The van der Waals surface area contributed by atoms with Crippen molar-refractivity contribution >= 4 is 0 Å². The second kappa shape index (κ2) is 8.18. The third-order valence-electron chi connectivity index (χ3n) is 3.56. The summed E-state index contributed by atoms with van der Waals surface area (Å²) in [4.78, 5) is 0. The standard InChI is InChI=1S/C17H28O/c1-4-6-7-9-15-12-16(17(18)13-15)11-10-14(3)8-5-2/h10,12-13,16,18H,4-9,11H2,1-3H3/b14-10+.